The van der Waals surface area contributed by atoms with Crippen LogP contribution in [0.25, 0.3) is 22.2 Å². The first kappa shape index (κ1) is 24.5. The first-order chi connectivity index (χ1) is 17.5. The molecule has 0 atom stereocenters. The van der Waals surface area contributed by atoms with Crippen molar-refractivity contribution in [2.24, 2.45) is 11.7 Å². The van der Waals surface area contributed by atoms with Crippen molar-refractivity contribution in [1.29, 1.82) is 0 Å². The first-order valence-electron chi connectivity index (χ1n) is 12.6. The number of aromatic nitrogens is 2. The van der Waals surface area contributed by atoms with E-state index in [1.165, 1.54) is 0 Å². The lowest BCUT2D eigenvalue weighted by atomic mass is 9.93. The molecule has 1 saturated heterocycles. The minimum absolute atomic E-state index is 0.253. The van der Waals surface area contributed by atoms with Crippen molar-refractivity contribution in [3.05, 3.63) is 48.3 Å². The molecule has 36 heavy (non-hydrogen) atoms. The Balaban J connectivity index is 1.32. The molecule has 0 unspecified atom stereocenters. The van der Waals surface area contributed by atoms with Crippen LogP contribution in [0.5, 0.6) is 11.5 Å². The maximum Gasteiger partial charge on any atom is 0.228 e. The van der Waals surface area contributed by atoms with Crippen molar-refractivity contribution >= 4 is 16.8 Å². The van der Waals surface area contributed by atoms with Crippen LogP contribution >= 0.6 is 0 Å². The molecular weight excluding hydrogens is 456 g/mol. The third-order valence-corrected chi connectivity index (χ3v) is 7.65. The maximum atomic E-state index is 11.9. The van der Waals surface area contributed by atoms with Gasteiger partial charge in [0.15, 0.2) is 11.5 Å². The van der Waals surface area contributed by atoms with Gasteiger partial charge in [-0.05, 0) is 56.3 Å². The van der Waals surface area contributed by atoms with Crippen LogP contribution in [-0.4, -0.2) is 67.8 Å². The summed E-state index contributed by atoms with van der Waals surface area (Å²) in [5, 5.41) is 0.886. The molecule has 2 heterocycles. The van der Waals surface area contributed by atoms with Gasteiger partial charge in [0, 0.05) is 30.7 Å². The van der Waals surface area contributed by atoms with E-state index in [-0.39, 0.29) is 5.91 Å². The molecule has 1 aliphatic heterocycles. The molecule has 1 amide bonds. The van der Waals surface area contributed by atoms with Crippen molar-refractivity contribution in [1.82, 2.24) is 14.9 Å². The highest BCUT2D eigenvalue weighted by molar-refractivity contribution is 5.94. The third-order valence-electron chi connectivity index (χ3n) is 7.65. The van der Waals surface area contributed by atoms with E-state index in [1.807, 2.05) is 36.4 Å². The van der Waals surface area contributed by atoms with E-state index in [4.69, 9.17) is 19.9 Å². The Hall–Kier alpha value is -3.23. The maximum absolute atomic E-state index is 11.9. The van der Waals surface area contributed by atoms with Gasteiger partial charge in [0.25, 0.3) is 0 Å². The minimum Gasteiger partial charge on any atom is -0.493 e. The van der Waals surface area contributed by atoms with Gasteiger partial charge in [-0.3, -0.25) is 4.79 Å². The molecule has 2 N–H and O–H groups in total. The summed E-state index contributed by atoms with van der Waals surface area (Å²) in [6, 6.07) is 11.8. The normalized spacial score (nSPS) is 17.7. The minimum atomic E-state index is -0.498. The van der Waals surface area contributed by atoms with Gasteiger partial charge in [-0.2, -0.15) is 0 Å². The van der Waals surface area contributed by atoms with Gasteiger partial charge in [0.2, 0.25) is 5.91 Å². The van der Waals surface area contributed by atoms with Gasteiger partial charge in [-0.1, -0.05) is 24.3 Å². The first-order valence-corrected chi connectivity index (χ1v) is 12.6. The van der Waals surface area contributed by atoms with E-state index in [9.17, 15) is 4.79 Å². The molecule has 2 aromatic carbocycles. The molecule has 0 radical (unpaired) electrons. The lowest BCUT2D eigenvalue weighted by Gasteiger charge is -2.31. The van der Waals surface area contributed by atoms with Gasteiger partial charge in [0.1, 0.15) is 6.33 Å². The van der Waals surface area contributed by atoms with Gasteiger partial charge in [0.05, 0.1) is 36.9 Å². The number of hydrogen-bond acceptors (Lipinski definition) is 7. The highest BCUT2D eigenvalue weighted by Gasteiger charge is 2.49. The summed E-state index contributed by atoms with van der Waals surface area (Å²) in [4.78, 5) is 23.4. The number of hydrogen-bond donors (Lipinski definition) is 1. The van der Waals surface area contributed by atoms with E-state index in [1.54, 1.807) is 20.5 Å². The van der Waals surface area contributed by atoms with Crippen molar-refractivity contribution < 1.29 is 19.0 Å². The highest BCUT2D eigenvalue weighted by Crippen LogP contribution is 2.48. The second kappa shape index (κ2) is 10.4. The molecule has 1 aromatic heterocycles. The molecule has 0 spiro atoms. The summed E-state index contributed by atoms with van der Waals surface area (Å²) in [7, 11) is 3.40. The van der Waals surface area contributed by atoms with E-state index >= 15 is 0 Å². The van der Waals surface area contributed by atoms with Crippen LogP contribution in [0, 0.1) is 5.92 Å². The predicted molar refractivity (Wildman–Crippen MR) is 138 cm³/mol. The lowest BCUT2D eigenvalue weighted by molar-refractivity contribution is -0.120. The van der Waals surface area contributed by atoms with Crippen molar-refractivity contribution in [2.75, 3.05) is 47.1 Å². The van der Waals surface area contributed by atoms with Gasteiger partial charge < -0.3 is 24.8 Å². The number of fused-ring (bicyclic) bond motifs is 1. The average molecular weight is 491 g/mol. The predicted octanol–water partition coefficient (Wildman–Crippen LogP) is 3.56. The van der Waals surface area contributed by atoms with Crippen molar-refractivity contribution in [2.45, 2.75) is 31.1 Å². The highest BCUT2D eigenvalue weighted by atomic mass is 16.5. The summed E-state index contributed by atoms with van der Waals surface area (Å²) < 4.78 is 17.1. The largest absolute Gasteiger partial charge is 0.493 e. The smallest absolute Gasteiger partial charge is 0.228 e. The van der Waals surface area contributed by atoms with Crippen LogP contribution in [0.3, 0.4) is 0 Å². The summed E-state index contributed by atoms with van der Waals surface area (Å²) >= 11 is 0. The van der Waals surface area contributed by atoms with Gasteiger partial charge in [-0.25, -0.2) is 9.97 Å². The van der Waals surface area contributed by atoms with E-state index in [0.29, 0.717) is 24.0 Å². The SMILES string of the molecule is COCCN1CCC(COc2cc3ncnc(-c4ccc(C5(C(N)=O)CC5)cc4)c3cc2OC)CC1. The number of methoxy groups -OCH3 is 2. The topological polar surface area (TPSA) is 99.8 Å². The molecule has 2 fully saturated rings. The number of nitrogens with zero attached hydrogens (tertiary/aromatic N) is 3. The standard InChI is InChI=1S/C28H34N4O4/c1-34-14-13-32-11-7-19(8-12-32)17-36-25-16-23-22(15-24(25)35-2)26(31-18-30-23)20-3-5-21(6-4-20)28(9-10-28)27(29)33/h3-6,15-16,18-19H,7-14,17H2,1-2H3,(H2,29,33). The van der Waals surface area contributed by atoms with Crippen LogP contribution in [0.4, 0.5) is 0 Å². The molecule has 2 aliphatic rings. The van der Waals surface area contributed by atoms with Gasteiger partial charge in [-0.15, -0.1) is 0 Å². The van der Waals surface area contributed by atoms with E-state index in [2.05, 4.69) is 14.9 Å². The number of benzene rings is 2. The summed E-state index contributed by atoms with van der Waals surface area (Å²) in [5.41, 5.74) is 8.66. The van der Waals surface area contributed by atoms with Crippen molar-refractivity contribution in [3.63, 3.8) is 0 Å². The van der Waals surface area contributed by atoms with E-state index < -0.39 is 5.41 Å². The van der Waals surface area contributed by atoms with Gasteiger partial charge >= 0.3 is 0 Å². The number of carbonyl (C=O) groups excluding carboxylic acids is 1. The van der Waals surface area contributed by atoms with Crippen LogP contribution in [-0.2, 0) is 14.9 Å². The zero-order valence-electron chi connectivity index (χ0n) is 21.0. The summed E-state index contributed by atoms with van der Waals surface area (Å²) in [6.07, 6.45) is 5.41. The molecule has 1 aliphatic carbocycles. The molecule has 3 aromatic rings. The average Bonchev–Trinajstić information content (AvgIpc) is 3.73. The van der Waals surface area contributed by atoms with Crippen LogP contribution in [0.1, 0.15) is 31.2 Å². The fourth-order valence-electron chi connectivity index (χ4n) is 5.12. The fourth-order valence-corrected chi connectivity index (χ4v) is 5.12. The Morgan fingerprint density at radius 2 is 1.83 bits per heavy atom. The Kier molecular flexibility index (Phi) is 7.07. The lowest BCUT2D eigenvalue weighted by Crippen LogP contribution is -2.37. The molecular formula is C28H34N4O4. The number of ether oxygens (including phenoxy) is 3. The zero-order valence-corrected chi connectivity index (χ0v) is 21.0. The second-order valence-electron chi connectivity index (χ2n) is 9.86. The quantitative estimate of drug-likeness (QED) is 0.464. The Bertz CT molecular complexity index is 1220. The monoisotopic (exact) mass is 490 g/mol. The molecule has 8 heteroatoms. The third kappa shape index (κ3) is 4.88. The number of rotatable bonds is 10. The number of nitrogens with two attached hydrogens (primary N) is 1. The number of likely N-dealkylation sites (tertiary alicyclic amines) is 1. The number of carbonyl (C=O) groups is 1. The van der Waals surface area contributed by atoms with Crippen LogP contribution in [0.2, 0.25) is 0 Å². The number of amides is 1. The van der Waals surface area contributed by atoms with E-state index in [0.717, 1.165) is 79.6 Å². The Morgan fingerprint density at radius 3 is 2.47 bits per heavy atom. The van der Waals surface area contributed by atoms with Crippen molar-refractivity contribution in [3.8, 4) is 22.8 Å². The number of primary amides is 1. The molecule has 1 saturated carbocycles. The summed E-state index contributed by atoms with van der Waals surface area (Å²) in [5.74, 6) is 1.62. The molecule has 5 rings (SSSR count). The molecule has 8 nitrogen and oxygen atoms in total. The summed E-state index contributed by atoms with van der Waals surface area (Å²) in [6.45, 7) is 4.56. The molecule has 0 bridgehead atoms. The number of piperidine rings is 1. The van der Waals surface area contributed by atoms with Crippen LogP contribution < -0.4 is 15.2 Å². The van der Waals surface area contributed by atoms with Crippen LogP contribution in [0.15, 0.2) is 42.7 Å². The Labute approximate surface area is 211 Å². The Morgan fingerprint density at radius 1 is 1.08 bits per heavy atom. The molecule has 190 valence electrons. The zero-order chi connectivity index (χ0) is 25.1. The second-order valence-corrected chi connectivity index (χ2v) is 9.86. The fraction of sp³-hybridized carbons (Fsp3) is 0.464.